The van der Waals surface area contributed by atoms with E-state index in [0.29, 0.717) is 23.6 Å². The number of halogens is 2. The molecule has 2 nitrogen and oxygen atoms in total. The predicted molar refractivity (Wildman–Crippen MR) is 54.2 cm³/mol. The number of aryl methyl sites for hydroxylation is 1. The van der Waals surface area contributed by atoms with Crippen molar-refractivity contribution in [2.75, 3.05) is 12.4 Å². The van der Waals surface area contributed by atoms with Crippen LogP contribution in [0.25, 0.3) is 0 Å². The number of carbonyl (C=O) groups excluding carboxylic acids is 1. The van der Waals surface area contributed by atoms with Gasteiger partial charge in [0, 0.05) is 18.0 Å². The van der Waals surface area contributed by atoms with Crippen molar-refractivity contribution in [1.82, 2.24) is 5.32 Å². The van der Waals surface area contributed by atoms with Crippen LogP contribution in [0.5, 0.6) is 0 Å². The molecule has 0 aromatic heterocycles. The van der Waals surface area contributed by atoms with Gasteiger partial charge in [-0.15, -0.1) is 11.6 Å². The summed E-state index contributed by atoms with van der Waals surface area (Å²) in [6, 6.07) is 4.06. The fourth-order valence-electron chi connectivity index (χ4n) is 1.14. The molecule has 0 bridgehead atoms. The van der Waals surface area contributed by atoms with Gasteiger partial charge >= 0.3 is 0 Å². The zero-order valence-electron chi connectivity index (χ0n) is 7.81. The second-order valence-electron chi connectivity index (χ2n) is 2.90. The van der Waals surface area contributed by atoms with Gasteiger partial charge in [-0.25, -0.2) is 4.39 Å². The monoisotopic (exact) mass is 215 g/mol. The van der Waals surface area contributed by atoms with Crippen LogP contribution in [-0.4, -0.2) is 18.3 Å². The summed E-state index contributed by atoms with van der Waals surface area (Å²) in [5.74, 6) is -0.189. The van der Waals surface area contributed by atoms with Gasteiger partial charge in [0.05, 0.1) is 0 Å². The molecule has 0 fully saturated rings. The van der Waals surface area contributed by atoms with Crippen LogP contribution < -0.4 is 5.32 Å². The lowest BCUT2D eigenvalue weighted by Crippen LogP contribution is -2.25. The van der Waals surface area contributed by atoms with E-state index in [9.17, 15) is 9.18 Å². The van der Waals surface area contributed by atoms with Crippen molar-refractivity contribution >= 4 is 17.5 Å². The van der Waals surface area contributed by atoms with Gasteiger partial charge in [0.1, 0.15) is 5.82 Å². The van der Waals surface area contributed by atoms with Gasteiger partial charge in [-0.1, -0.05) is 0 Å². The predicted octanol–water partition coefficient (Wildman–Crippen LogP) is 2.10. The smallest absolute Gasteiger partial charge is 0.251 e. The molecule has 0 aliphatic carbocycles. The average molecular weight is 216 g/mol. The number of carbonyl (C=O) groups is 1. The van der Waals surface area contributed by atoms with E-state index in [1.807, 2.05) is 0 Å². The summed E-state index contributed by atoms with van der Waals surface area (Å²) in [4.78, 5) is 11.4. The topological polar surface area (TPSA) is 29.1 Å². The Labute approximate surface area is 87.1 Å². The average Bonchev–Trinajstić information content (AvgIpc) is 2.14. The van der Waals surface area contributed by atoms with Crippen molar-refractivity contribution in [3.05, 3.63) is 35.1 Å². The molecule has 0 radical (unpaired) electrons. The van der Waals surface area contributed by atoms with Gasteiger partial charge in [0.2, 0.25) is 0 Å². The molecule has 0 saturated heterocycles. The number of hydrogen-bond acceptors (Lipinski definition) is 1. The maximum absolute atomic E-state index is 12.7. The fourth-order valence-corrected chi connectivity index (χ4v) is 1.23. The number of hydrogen-bond donors (Lipinski definition) is 1. The lowest BCUT2D eigenvalue weighted by atomic mass is 10.1. The van der Waals surface area contributed by atoms with E-state index >= 15 is 0 Å². The van der Waals surface area contributed by atoms with E-state index in [1.165, 1.54) is 18.2 Å². The zero-order valence-corrected chi connectivity index (χ0v) is 8.57. The summed E-state index contributed by atoms with van der Waals surface area (Å²) < 4.78 is 12.7. The summed E-state index contributed by atoms with van der Waals surface area (Å²) in [6.45, 7) is 2.11. The van der Waals surface area contributed by atoms with Crippen molar-refractivity contribution in [3.63, 3.8) is 0 Å². The Morgan fingerprint density at radius 3 is 2.86 bits per heavy atom. The third-order valence-corrected chi connectivity index (χ3v) is 2.00. The quantitative estimate of drug-likeness (QED) is 0.769. The highest BCUT2D eigenvalue weighted by Crippen LogP contribution is 2.09. The summed E-state index contributed by atoms with van der Waals surface area (Å²) in [6.07, 6.45) is 0. The SMILES string of the molecule is Cc1cc(F)ccc1C(=O)NCCCl. The summed E-state index contributed by atoms with van der Waals surface area (Å²) >= 11 is 5.42. The van der Waals surface area contributed by atoms with Crippen molar-refractivity contribution in [3.8, 4) is 0 Å². The van der Waals surface area contributed by atoms with Crippen LogP contribution in [0.3, 0.4) is 0 Å². The Bertz CT molecular complexity index is 341. The summed E-state index contributed by atoms with van der Waals surface area (Å²) in [5, 5.41) is 2.62. The highest BCUT2D eigenvalue weighted by atomic mass is 35.5. The number of benzene rings is 1. The number of alkyl halides is 1. The van der Waals surface area contributed by atoms with Crippen molar-refractivity contribution in [1.29, 1.82) is 0 Å². The molecule has 1 rings (SSSR count). The van der Waals surface area contributed by atoms with Crippen LogP contribution in [-0.2, 0) is 0 Å². The van der Waals surface area contributed by atoms with E-state index in [-0.39, 0.29) is 11.7 Å². The van der Waals surface area contributed by atoms with E-state index < -0.39 is 0 Å². The van der Waals surface area contributed by atoms with Crippen LogP contribution in [0.1, 0.15) is 15.9 Å². The number of amides is 1. The Balaban J connectivity index is 2.80. The van der Waals surface area contributed by atoms with E-state index in [2.05, 4.69) is 5.32 Å². The Morgan fingerprint density at radius 1 is 1.57 bits per heavy atom. The Morgan fingerprint density at radius 2 is 2.29 bits per heavy atom. The van der Waals surface area contributed by atoms with Gasteiger partial charge in [0.25, 0.3) is 5.91 Å². The number of rotatable bonds is 3. The second-order valence-corrected chi connectivity index (χ2v) is 3.28. The molecule has 1 aromatic carbocycles. The van der Waals surface area contributed by atoms with Gasteiger partial charge in [0.15, 0.2) is 0 Å². The third-order valence-electron chi connectivity index (χ3n) is 1.81. The molecule has 0 heterocycles. The molecule has 1 N–H and O–H groups in total. The van der Waals surface area contributed by atoms with Crippen molar-refractivity contribution in [2.45, 2.75) is 6.92 Å². The highest BCUT2D eigenvalue weighted by molar-refractivity contribution is 6.18. The largest absolute Gasteiger partial charge is 0.351 e. The molecule has 1 aromatic rings. The molecule has 0 atom stereocenters. The maximum atomic E-state index is 12.7. The van der Waals surface area contributed by atoms with Crippen LogP contribution in [0.2, 0.25) is 0 Å². The first-order chi connectivity index (χ1) is 6.65. The van der Waals surface area contributed by atoms with Gasteiger partial charge in [-0.05, 0) is 30.7 Å². The first-order valence-corrected chi connectivity index (χ1v) is 4.79. The van der Waals surface area contributed by atoms with Crippen molar-refractivity contribution < 1.29 is 9.18 Å². The first kappa shape index (κ1) is 11.0. The van der Waals surface area contributed by atoms with E-state index in [1.54, 1.807) is 6.92 Å². The molecular weight excluding hydrogens is 205 g/mol. The minimum Gasteiger partial charge on any atom is -0.351 e. The van der Waals surface area contributed by atoms with E-state index in [4.69, 9.17) is 11.6 Å². The third kappa shape index (κ3) is 2.70. The minimum absolute atomic E-state index is 0.219. The zero-order chi connectivity index (χ0) is 10.6. The van der Waals surface area contributed by atoms with E-state index in [0.717, 1.165) is 0 Å². The lowest BCUT2D eigenvalue weighted by molar-refractivity contribution is 0.0955. The van der Waals surface area contributed by atoms with Crippen LogP contribution >= 0.6 is 11.6 Å². The lowest BCUT2D eigenvalue weighted by Gasteiger charge is -2.05. The molecule has 0 saturated carbocycles. The molecular formula is C10H11ClFNO. The van der Waals surface area contributed by atoms with Crippen molar-refractivity contribution in [2.24, 2.45) is 0 Å². The molecule has 4 heteroatoms. The Kier molecular flexibility index (Phi) is 3.89. The first-order valence-electron chi connectivity index (χ1n) is 4.25. The normalized spacial score (nSPS) is 9.93. The van der Waals surface area contributed by atoms with Gasteiger partial charge in [-0.3, -0.25) is 4.79 Å². The molecule has 0 aliphatic rings. The molecule has 1 amide bonds. The Hall–Kier alpha value is -1.09. The summed E-state index contributed by atoms with van der Waals surface area (Å²) in [5.41, 5.74) is 1.11. The minimum atomic E-state index is -0.337. The fraction of sp³-hybridized carbons (Fsp3) is 0.300. The second kappa shape index (κ2) is 4.96. The molecule has 0 spiro atoms. The molecule has 0 unspecified atom stereocenters. The highest BCUT2D eigenvalue weighted by Gasteiger charge is 2.08. The standard InChI is InChI=1S/C10H11ClFNO/c1-7-6-8(12)2-3-9(7)10(14)13-5-4-11/h2-3,6H,4-5H2,1H3,(H,13,14). The van der Waals surface area contributed by atoms with Crippen LogP contribution in [0.15, 0.2) is 18.2 Å². The van der Waals surface area contributed by atoms with Crippen LogP contribution in [0.4, 0.5) is 4.39 Å². The maximum Gasteiger partial charge on any atom is 0.251 e. The van der Waals surface area contributed by atoms with Gasteiger partial charge < -0.3 is 5.32 Å². The van der Waals surface area contributed by atoms with Crippen LogP contribution in [0, 0.1) is 12.7 Å². The molecule has 0 aliphatic heterocycles. The van der Waals surface area contributed by atoms with Gasteiger partial charge in [-0.2, -0.15) is 0 Å². The molecule has 14 heavy (non-hydrogen) atoms. The summed E-state index contributed by atoms with van der Waals surface area (Å²) in [7, 11) is 0. The number of nitrogens with one attached hydrogen (secondary N) is 1. The molecule has 76 valence electrons.